The van der Waals surface area contributed by atoms with Crippen molar-refractivity contribution in [1.82, 2.24) is 4.90 Å². The first-order chi connectivity index (χ1) is 10.0. The standard InChI is InChI=1S/C16H19NO4/c1-10-7-17(8-11(2)20-10)9-13-12-5-3-4-6-14(12)21-15(13)16(18)19/h3-6,10-11H,7-9H2,1-2H3,(H,18,19)/t10-,11+. The van der Waals surface area contributed by atoms with Gasteiger partial charge in [0.1, 0.15) is 5.58 Å². The van der Waals surface area contributed by atoms with Crippen molar-refractivity contribution < 1.29 is 19.1 Å². The zero-order chi connectivity index (χ0) is 15.0. The van der Waals surface area contributed by atoms with Gasteiger partial charge in [0.15, 0.2) is 0 Å². The number of rotatable bonds is 3. The first kappa shape index (κ1) is 14.1. The third-order valence-electron chi connectivity index (χ3n) is 3.77. The summed E-state index contributed by atoms with van der Waals surface area (Å²) in [7, 11) is 0. The number of carbonyl (C=O) groups is 1. The zero-order valence-electron chi connectivity index (χ0n) is 12.2. The molecule has 0 unspecified atom stereocenters. The second-order valence-corrected chi connectivity index (χ2v) is 5.66. The van der Waals surface area contributed by atoms with Crippen LogP contribution in [0.3, 0.4) is 0 Å². The minimum Gasteiger partial charge on any atom is -0.475 e. The molecule has 1 fully saturated rings. The van der Waals surface area contributed by atoms with Gasteiger partial charge in [0.2, 0.25) is 5.76 Å². The van der Waals surface area contributed by atoms with E-state index in [0.29, 0.717) is 12.1 Å². The van der Waals surface area contributed by atoms with Crippen LogP contribution >= 0.6 is 0 Å². The van der Waals surface area contributed by atoms with E-state index in [-0.39, 0.29) is 18.0 Å². The van der Waals surface area contributed by atoms with Crippen molar-refractivity contribution in [2.45, 2.75) is 32.6 Å². The molecule has 1 N–H and O–H groups in total. The number of nitrogens with zero attached hydrogens (tertiary/aromatic N) is 1. The molecule has 0 bridgehead atoms. The number of para-hydroxylation sites is 1. The SMILES string of the molecule is C[C@@H]1CN(Cc2c(C(=O)O)oc3ccccc23)C[C@H](C)O1. The lowest BCUT2D eigenvalue weighted by Crippen LogP contribution is -2.44. The Kier molecular flexibility index (Phi) is 3.69. The minimum atomic E-state index is -1.02. The highest BCUT2D eigenvalue weighted by Crippen LogP contribution is 2.28. The maximum absolute atomic E-state index is 11.4. The number of morpholine rings is 1. The predicted octanol–water partition coefficient (Wildman–Crippen LogP) is 2.74. The zero-order valence-corrected chi connectivity index (χ0v) is 12.2. The molecule has 5 nitrogen and oxygen atoms in total. The van der Waals surface area contributed by atoms with E-state index >= 15 is 0 Å². The molecule has 1 aliphatic heterocycles. The van der Waals surface area contributed by atoms with Crippen LogP contribution in [0.2, 0.25) is 0 Å². The molecule has 0 amide bonds. The molecule has 1 saturated heterocycles. The molecule has 1 aromatic heterocycles. The van der Waals surface area contributed by atoms with Crippen molar-refractivity contribution in [3.05, 3.63) is 35.6 Å². The Bertz CT molecular complexity index is 653. The highest BCUT2D eigenvalue weighted by Gasteiger charge is 2.26. The lowest BCUT2D eigenvalue weighted by molar-refractivity contribution is -0.0704. The number of aromatic carboxylic acids is 1. The van der Waals surface area contributed by atoms with E-state index in [1.54, 1.807) is 6.07 Å². The molecular formula is C16H19NO4. The van der Waals surface area contributed by atoms with Gasteiger partial charge in [0.05, 0.1) is 12.2 Å². The van der Waals surface area contributed by atoms with Crippen molar-refractivity contribution in [2.24, 2.45) is 0 Å². The largest absolute Gasteiger partial charge is 0.475 e. The monoisotopic (exact) mass is 289 g/mol. The Hall–Kier alpha value is -1.85. The number of carboxylic acids is 1. The van der Waals surface area contributed by atoms with Gasteiger partial charge in [-0.15, -0.1) is 0 Å². The quantitative estimate of drug-likeness (QED) is 0.941. The topological polar surface area (TPSA) is 62.9 Å². The molecule has 21 heavy (non-hydrogen) atoms. The van der Waals surface area contributed by atoms with Gasteiger partial charge in [-0.2, -0.15) is 0 Å². The fourth-order valence-electron chi connectivity index (χ4n) is 3.07. The van der Waals surface area contributed by atoms with Crippen LogP contribution in [-0.2, 0) is 11.3 Å². The van der Waals surface area contributed by atoms with E-state index in [4.69, 9.17) is 9.15 Å². The minimum absolute atomic E-state index is 0.0444. The van der Waals surface area contributed by atoms with Crippen molar-refractivity contribution >= 4 is 16.9 Å². The number of benzene rings is 1. The van der Waals surface area contributed by atoms with Gasteiger partial charge in [0, 0.05) is 30.6 Å². The van der Waals surface area contributed by atoms with Gasteiger partial charge in [-0.25, -0.2) is 4.79 Å². The van der Waals surface area contributed by atoms with Gasteiger partial charge in [-0.05, 0) is 19.9 Å². The van der Waals surface area contributed by atoms with Crippen LogP contribution < -0.4 is 0 Å². The summed E-state index contributed by atoms with van der Waals surface area (Å²) in [5.41, 5.74) is 1.37. The fourth-order valence-corrected chi connectivity index (χ4v) is 3.07. The Morgan fingerprint density at radius 1 is 1.29 bits per heavy atom. The van der Waals surface area contributed by atoms with E-state index < -0.39 is 5.97 Å². The summed E-state index contributed by atoms with van der Waals surface area (Å²) in [5, 5.41) is 10.2. The number of fused-ring (bicyclic) bond motifs is 1. The molecule has 0 saturated carbocycles. The fraction of sp³-hybridized carbons (Fsp3) is 0.438. The van der Waals surface area contributed by atoms with Crippen LogP contribution in [0.5, 0.6) is 0 Å². The van der Waals surface area contributed by atoms with Crippen LogP contribution in [0.1, 0.15) is 30.0 Å². The van der Waals surface area contributed by atoms with E-state index in [1.165, 1.54) is 0 Å². The lowest BCUT2D eigenvalue weighted by atomic mass is 10.1. The average molecular weight is 289 g/mol. The summed E-state index contributed by atoms with van der Waals surface area (Å²) in [4.78, 5) is 13.6. The van der Waals surface area contributed by atoms with Crippen LogP contribution in [0, 0.1) is 0 Å². The third-order valence-corrected chi connectivity index (χ3v) is 3.77. The summed E-state index contributed by atoms with van der Waals surface area (Å²) >= 11 is 0. The summed E-state index contributed by atoms with van der Waals surface area (Å²) < 4.78 is 11.2. The molecule has 5 heteroatoms. The van der Waals surface area contributed by atoms with E-state index in [9.17, 15) is 9.90 Å². The highest BCUT2D eigenvalue weighted by molar-refractivity contribution is 5.95. The van der Waals surface area contributed by atoms with E-state index in [1.807, 2.05) is 32.0 Å². The van der Waals surface area contributed by atoms with Gasteiger partial charge in [0.25, 0.3) is 0 Å². The van der Waals surface area contributed by atoms with Crippen molar-refractivity contribution in [2.75, 3.05) is 13.1 Å². The molecule has 2 atom stereocenters. The van der Waals surface area contributed by atoms with Gasteiger partial charge in [-0.1, -0.05) is 18.2 Å². The molecule has 2 heterocycles. The molecule has 1 aromatic carbocycles. The number of hydrogen-bond donors (Lipinski definition) is 1. The molecule has 112 valence electrons. The normalized spacial score (nSPS) is 23.5. The molecule has 2 aromatic rings. The maximum Gasteiger partial charge on any atom is 0.372 e. The van der Waals surface area contributed by atoms with Crippen molar-refractivity contribution in [3.8, 4) is 0 Å². The second-order valence-electron chi connectivity index (χ2n) is 5.66. The van der Waals surface area contributed by atoms with Gasteiger partial charge in [-0.3, -0.25) is 4.90 Å². The maximum atomic E-state index is 11.4. The second kappa shape index (κ2) is 5.50. The van der Waals surface area contributed by atoms with Crippen LogP contribution in [0.4, 0.5) is 0 Å². The summed E-state index contributed by atoms with van der Waals surface area (Å²) in [5.74, 6) is -0.974. The molecule has 0 radical (unpaired) electrons. The Morgan fingerprint density at radius 2 is 1.95 bits per heavy atom. The molecule has 0 aliphatic carbocycles. The van der Waals surface area contributed by atoms with Crippen molar-refractivity contribution in [3.63, 3.8) is 0 Å². The molecule has 3 rings (SSSR count). The number of furan rings is 1. The predicted molar refractivity (Wildman–Crippen MR) is 78.5 cm³/mol. The molecule has 0 spiro atoms. The Balaban J connectivity index is 1.95. The summed E-state index contributed by atoms with van der Waals surface area (Å²) in [6.07, 6.45) is 0.306. The Labute approximate surface area is 123 Å². The Morgan fingerprint density at radius 3 is 2.62 bits per heavy atom. The first-order valence-corrected chi connectivity index (χ1v) is 7.16. The molecular weight excluding hydrogens is 270 g/mol. The summed E-state index contributed by atoms with van der Waals surface area (Å²) in [6, 6.07) is 7.46. The third kappa shape index (κ3) is 2.80. The number of carboxylic acid groups (broad SMARTS) is 1. The first-order valence-electron chi connectivity index (χ1n) is 7.16. The van der Waals surface area contributed by atoms with Crippen LogP contribution in [0.15, 0.2) is 28.7 Å². The van der Waals surface area contributed by atoms with E-state index in [2.05, 4.69) is 4.90 Å². The lowest BCUT2D eigenvalue weighted by Gasteiger charge is -2.35. The number of hydrogen-bond acceptors (Lipinski definition) is 4. The smallest absolute Gasteiger partial charge is 0.372 e. The molecule has 1 aliphatic rings. The number of ether oxygens (including phenoxy) is 1. The van der Waals surface area contributed by atoms with Crippen LogP contribution in [0.25, 0.3) is 11.0 Å². The summed E-state index contributed by atoms with van der Waals surface area (Å²) in [6.45, 7) is 6.23. The van der Waals surface area contributed by atoms with Crippen LogP contribution in [-0.4, -0.2) is 41.3 Å². The van der Waals surface area contributed by atoms with Gasteiger partial charge >= 0.3 is 5.97 Å². The van der Waals surface area contributed by atoms with Gasteiger partial charge < -0.3 is 14.3 Å². The van der Waals surface area contributed by atoms with E-state index in [0.717, 1.165) is 24.0 Å². The average Bonchev–Trinajstić information content (AvgIpc) is 2.77. The van der Waals surface area contributed by atoms with Crippen molar-refractivity contribution in [1.29, 1.82) is 0 Å². The highest BCUT2D eigenvalue weighted by atomic mass is 16.5.